The summed E-state index contributed by atoms with van der Waals surface area (Å²) in [4.78, 5) is 12.1. The smallest absolute Gasteiger partial charge is 0.246 e. The zero-order chi connectivity index (χ0) is 21.7. The third kappa shape index (κ3) is 3.56. The average Bonchev–Trinajstić information content (AvgIpc) is 3.03. The van der Waals surface area contributed by atoms with Crippen molar-refractivity contribution in [2.24, 2.45) is 46.3 Å². The number of nitrogens with zero attached hydrogens (tertiary/aromatic N) is 1. The van der Waals surface area contributed by atoms with E-state index in [-0.39, 0.29) is 10.3 Å². The molecule has 0 spiro atoms. The average molecular weight is 416 g/mol. The molecule has 0 saturated heterocycles. The van der Waals surface area contributed by atoms with Crippen LogP contribution >= 0.6 is 0 Å². The van der Waals surface area contributed by atoms with Crippen molar-refractivity contribution in [3.05, 3.63) is 21.4 Å². The fraction of sp³-hybridized carbons (Fsp3) is 0.926. The maximum atomic E-state index is 12.1. The van der Waals surface area contributed by atoms with Crippen molar-refractivity contribution in [1.29, 1.82) is 0 Å². The Morgan fingerprint density at radius 3 is 2.50 bits per heavy atom. The number of hydrogen-bond donors (Lipinski definition) is 0. The molecule has 0 N–H and O–H groups in total. The molecule has 7 atom stereocenters. The van der Waals surface area contributed by atoms with Crippen LogP contribution in [-0.2, 0) is 0 Å². The number of hydrogen-bond acceptors (Lipinski definition) is 2. The van der Waals surface area contributed by atoms with Gasteiger partial charge in [-0.1, -0.05) is 60.3 Å². The first-order valence-corrected chi connectivity index (χ1v) is 13.1. The molecule has 0 aromatic heterocycles. The van der Waals surface area contributed by atoms with E-state index in [1.54, 1.807) is 0 Å². The van der Waals surface area contributed by atoms with E-state index < -0.39 is 0 Å². The molecule has 3 heteroatoms. The van der Waals surface area contributed by atoms with Crippen molar-refractivity contribution in [2.45, 2.75) is 112 Å². The van der Waals surface area contributed by atoms with Gasteiger partial charge < -0.3 is 0 Å². The molecule has 0 amide bonds. The van der Waals surface area contributed by atoms with Crippen molar-refractivity contribution >= 4 is 0 Å². The summed E-state index contributed by atoms with van der Waals surface area (Å²) < 4.78 is 0. The monoisotopic (exact) mass is 415 g/mol. The van der Waals surface area contributed by atoms with Gasteiger partial charge in [-0.05, 0) is 91.3 Å². The zero-order valence-electron chi connectivity index (χ0n) is 20.2. The maximum Gasteiger partial charge on any atom is 0.246 e. The first-order valence-electron chi connectivity index (χ1n) is 13.1. The van der Waals surface area contributed by atoms with Gasteiger partial charge in [-0.2, -0.15) is 0 Å². The predicted molar refractivity (Wildman–Crippen MR) is 124 cm³/mol. The quantitative estimate of drug-likeness (QED) is 0.325. The van der Waals surface area contributed by atoms with Crippen LogP contribution in [0.15, 0.2) is 11.3 Å². The van der Waals surface area contributed by atoms with Crippen molar-refractivity contribution in [2.75, 3.05) is 0 Å². The van der Waals surface area contributed by atoms with Gasteiger partial charge in [0.15, 0.2) is 0 Å². The molecule has 3 saturated carbocycles. The fourth-order valence-corrected chi connectivity index (χ4v) is 9.03. The highest BCUT2D eigenvalue weighted by molar-refractivity contribution is 5.27. The Balaban J connectivity index is 1.57. The Hall–Kier alpha value is -0.860. The van der Waals surface area contributed by atoms with Gasteiger partial charge in [0.05, 0.1) is 4.92 Å². The fourth-order valence-electron chi connectivity index (χ4n) is 9.03. The molecule has 0 radical (unpaired) electrons. The van der Waals surface area contributed by atoms with Crippen LogP contribution in [0.3, 0.4) is 0 Å². The van der Waals surface area contributed by atoms with E-state index in [9.17, 15) is 10.1 Å². The van der Waals surface area contributed by atoms with E-state index in [0.717, 1.165) is 37.0 Å². The molecule has 0 unspecified atom stereocenters. The molecule has 4 aliphatic carbocycles. The summed E-state index contributed by atoms with van der Waals surface area (Å²) >= 11 is 0. The van der Waals surface area contributed by atoms with Crippen LogP contribution in [0.25, 0.3) is 0 Å². The summed E-state index contributed by atoms with van der Waals surface area (Å²) in [5.41, 5.74) is 2.39. The Labute approximate surface area is 184 Å². The third-order valence-electron chi connectivity index (χ3n) is 10.5. The molecule has 3 nitrogen and oxygen atoms in total. The lowest BCUT2D eigenvalue weighted by Gasteiger charge is -2.57. The van der Waals surface area contributed by atoms with E-state index in [1.807, 2.05) is 0 Å². The summed E-state index contributed by atoms with van der Waals surface area (Å²) in [6.07, 6.45) is 14.7. The molecule has 0 heterocycles. The normalized spacial score (nSPS) is 41.9. The van der Waals surface area contributed by atoms with Crippen LogP contribution < -0.4 is 0 Å². The second-order valence-electron chi connectivity index (χ2n) is 12.4. The molecule has 0 aromatic carbocycles. The molecular formula is C27H45NO2. The molecular weight excluding hydrogens is 370 g/mol. The van der Waals surface area contributed by atoms with Gasteiger partial charge in [-0.25, -0.2) is 0 Å². The standard InChI is InChI=1S/C27H45NO2/c1-18(2)9-8-10-19(3)21-12-13-22-20-17-25(28(29)30)24-11-6-7-15-26(24,4)23(20)14-16-27(21,22)5/h18-23H,6-17H2,1-5H3/t19-,20+,21-,22+,23+,26+,27+/m0/s1. The van der Waals surface area contributed by atoms with Gasteiger partial charge in [-0.3, -0.25) is 10.1 Å². The Morgan fingerprint density at radius 1 is 1.03 bits per heavy atom. The van der Waals surface area contributed by atoms with Crippen molar-refractivity contribution in [1.82, 2.24) is 0 Å². The minimum atomic E-state index is 0.0159. The third-order valence-corrected chi connectivity index (χ3v) is 10.5. The summed E-state index contributed by atoms with van der Waals surface area (Å²) in [6.45, 7) is 12.2. The number of fused-ring (bicyclic) bond motifs is 5. The van der Waals surface area contributed by atoms with Crippen LogP contribution in [0, 0.1) is 56.5 Å². The topological polar surface area (TPSA) is 43.1 Å². The van der Waals surface area contributed by atoms with Crippen molar-refractivity contribution in [3.8, 4) is 0 Å². The summed E-state index contributed by atoms with van der Waals surface area (Å²) in [5, 5.41) is 12.1. The van der Waals surface area contributed by atoms with E-state index in [2.05, 4.69) is 34.6 Å². The van der Waals surface area contributed by atoms with E-state index in [0.29, 0.717) is 28.9 Å². The minimum absolute atomic E-state index is 0.0159. The Morgan fingerprint density at radius 2 is 1.80 bits per heavy atom. The second-order valence-corrected chi connectivity index (χ2v) is 12.4. The summed E-state index contributed by atoms with van der Waals surface area (Å²) in [6, 6.07) is 0. The molecule has 170 valence electrons. The van der Waals surface area contributed by atoms with Crippen LogP contribution in [0.1, 0.15) is 112 Å². The Bertz CT molecular complexity index is 697. The zero-order valence-corrected chi connectivity index (χ0v) is 20.2. The molecule has 0 aromatic rings. The van der Waals surface area contributed by atoms with Crippen LogP contribution in [0.5, 0.6) is 0 Å². The van der Waals surface area contributed by atoms with Crippen molar-refractivity contribution < 1.29 is 4.92 Å². The van der Waals surface area contributed by atoms with Gasteiger partial charge in [0.1, 0.15) is 0 Å². The number of allylic oxidation sites excluding steroid dienone is 2. The van der Waals surface area contributed by atoms with Crippen LogP contribution in [0.4, 0.5) is 0 Å². The highest BCUT2D eigenvalue weighted by atomic mass is 16.6. The first kappa shape index (κ1) is 22.3. The predicted octanol–water partition coefficient (Wildman–Crippen LogP) is 8.02. The van der Waals surface area contributed by atoms with Gasteiger partial charge in [0, 0.05) is 12.0 Å². The van der Waals surface area contributed by atoms with Gasteiger partial charge in [0.25, 0.3) is 0 Å². The number of rotatable bonds is 6. The first-order chi connectivity index (χ1) is 14.2. The van der Waals surface area contributed by atoms with E-state index >= 15 is 0 Å². The highest BCUT2D eigenvalue weighted by Gasteiger charge is 2.61. The molecule has 0 bridgehead atoms. The van der Waals surface area contributed by atoms with Crippen molar-refractivity contribution in [3.63, 3.8) is 0 Å². The molecule has 0 aliphatic heterocycles. The molecule has 30 heavy (non-hydrogen) atoms. The summed E-state index contributed by atoms with van der Waals surface area (Å²) in [7, 11) is 0. The van der Waals surface area contributed by atoms with Crippen LogP contribution in [-0.4, -0.2) is 4.92 Å². The summed E-state index contributed by atoms with van der Waals surface area (Å²) in [5.74, 6) is 4.35. The lowest BCUT2D eigenvalue weighted by Crippen LogP contribution is -2.51. The Kier molecular flexibility index (Phi) is 6.14. The SMILES string of the molecule is CC(C)CCC[C@H](C)[C@@H]1CC[C@@H]2[C@H]3CC([N+](=O)[O-])=C4CCCC[C@]4(C)[C@@H]3CC[C@@]21C. The van der Waals surface area contributed by atoms with E-state index in [1.165, 1.54) is 63.4 Å². The van der Waals surface area contributed by atoms with E-state index in [4.69, 9.17) is 0 Å². The largest absolute Gasteiger partial charge is 0.259 e. The maximum absolute atomic E-state index is 12.1. The highest BCUT2D eigenvalue weighted by Crippen LogP contribution is 2.68. The van der Waals surface area contributed by atoms with Gasteiger partial charge in [0.2, 0.25) is 5.70 Å². The minimum Gasteiger partial charge on any atom is -0.259 e. The van der Waals surface area contributed by atoms with Crippen LogP contribution in [0.2, 0.25) is 0 Å². The van der Waals surface area contributed by atoms with Gasteiger partial charge in [-0.15, -0.1) is 0 Å². The molecule has 3 fully saturated rings. The molecule has 4 aliphatic rings. The lowest BCUT2D eigenvalue weighted by molar-refractivity contribution is -0.434. The van der Waals surface area contributed by atoms with Gasteiger partial charge >= 0.3 is 0 Å². The number of nitro groups is 1. The molecule has 4 rings (SSSR count). The second kappa shape index (κ2) is 8.24. The lowest BCUT2D eigenvalue weighted by atomic mass is 9.46.